The Balaban J connectivity index is 2.20. The van der Waals surface area contributed by atoms with Crippen LogP contribution in [0.4, 0.5) is 0 Å². The molecule has 1 N–H and O–H groups in total. The predicted molar refractivity (Wildman–Crippen MR) is 105 cm³/mol. The maximum atomic E-state index is 13.8. The number of aliphatic hydroxyl groups is 1. The first-order valence-corrected chi connectivity index (χ1v) is 10.5. The molecule has 3 nitrogen and oxygen atoms in total. The Labute approximate surface area is 159 Å². The number of Topliss-reactive ketones (excluding diaryl/α,β-unsaturated/α-hetero) is 1. The second kappa shape index (κ2) is 6.44. The molecule has 9 atom stereocenters. The van der Waals surface area contributed by atoms with Crippen LogP contribution in [0, 0.1) is 39.9 Å². The molecule has 0 aliphatic heterocycles. The molecule has 0 amide bonds. The quantitative estimate of drug-likeness (QED) is 0.745. The Bertz CT molecular complexity index is 586. The maximum absolute atomic E-state index is 13.8. The molecule has 3 aliphatic rings. The molecule has 3 aliphatic carbocycles. The highest BCUT2D eigenvalue weighted by Crippen LogP contribution is 2.68. The largest absolute Gasteiger partial charge is 0.393 e. The zero-order valence-corrected chi connectivity index (χ0v) is 17.5. The Kier molecular flexibility index (Phi) is 4.98. The summed E-state index contributed by atoms with van der Waals surface area (Å²) in [5, 5.41) is 11.6. The number of carbonyl (C=O) groups is 1. The fourth-order valence-corrected chi connectivity index (χ4v) is 7.15. The van der Waals surface area contributed by atoms with Gasteiger partial charge in [-0.05, 0) is 55.3 Å². The lowest BCUT2D eigenvalue weighted by atomic mass is 9.43. The molecule has 3 rings (SSSR count). The van der Waals surface area contributed by atoms with Crippen LogP contribution in [0.1, 0.15) is 66.7 Å². The average molecular weight is 363 g/mol. The third-order valence-electron chi connectivity index (χ3n) is 9.48. The molecule has 26 heavy (non-hydrogen) atoms. The van der Waals surface area contributed by atoms with Crippen molar-refractivity contribution in [2.75, 3.05) is 7.11 Å². The van der Waals surface area contributed by atoms with E-state index in [9.17, 15) is 9.90 Å². The smallest absolute Gasteiger partial charge is 0.142 e. The van der Waals surface area contributed by atoms with E-state index in [1.165, 1.54) is 0 Å². The number of carbonyl (C=O) groups excluding carboxylic acids is 1. The molecular formula is C23H38O3. The van der Waals surface area contributed by atoms with Crippen LogP contribution < -0.4 is 0 Å². The fraction of sp³-hybridized carbons (Fsp3) is 0.870. The molecule has 2 bridgehead atoms. The zero-order valence-electron chi connectivity index (χ0n) is 17.5. The Hall–Kier alpha value is -0.670. The minimum Gasteiger partial charge on any atom is -0.393 e. The van der Waals surface area contributed by atoms with Crippen molar-refractivity contribution in [3.63, 3.8) is 0 Å². The van der Waals surface area contributed by atoms with Crippen molar-refractivity contribution in [3.05, 3.63) is 12.7 Å². The summed E-state index contributed by atoms with van der Waals surface area (Å²) >= 11 is 0. The van der Waals surface area contributed by atoms with Crippen molar-refractivity contribution in [3.8, 4) is 0 Å². The molecule has 0 aromatic carbocycles. The van der Waals surface area contributed by atoms with Gasteiger partial charge >= 0.3 is 0 Å². The summed E-state index contributed by atoms with van der Waals surface area (Å²) in [5.74, 6) is 1.05. The molecule has 0 heterocycles. The molecule has 3 saturated carbocycles. The van der Waals surface area contributed by atoms with E-state index in [2.05, 4.69) is 41.2 Å². The van der Waals surface area contributed by atoms with Crippen LogP contribution in [0.15, 0.2) is 12.7 Å². The van der Waals surface area contributed by atoms with Gasteiger partial charge in [-0.1, -0.05) is 40.7 Å². The van der Waals surface area contributed by atoms with Gasteiger partial charge in [0.2, 0.25) is 0 Å². The van der Waals surface area contributed by atoms with Gasteiger partial charge in [-0.15, -0.1) is 6.58 Å². The molecule has 3 fully saturated rings. The highest BCUT2D eigenvalue weighted by atomic mass is 16.5. The van der Waals surface area contributed by atoms with Gasteiger partial charge in [0.05, 0.1) is 12.2 Å². The number of aliphatic hydroxyl groups excluding tert-OH is 1. The lowest BCUT2D eigenvalue weighted by Gasteiger charge is -2.62. The van der Waals surface area contributed by atoms with Crippen LogP contribution in [-0.2, 0) is 9.53 Å². The van der Waals surface area contributed by atoms with E-state index < -0.39 is 11.5 Å². The maximum Gasteiger partial charge on any atom is 0.142 e. The van der Waals surface area contributed by atoms with Crippen molar-refractivity contribution < 1.29 is 14.6 Å². The van der Waals surface area contributed by atoms with E-state index in [0.717, 1.165) is 25.7 Å². The average Bonchev–Trinajstić information content (AvgIpc) is 3.02. The van der Waals surface area contributed by atoms with E-state index in [1.807, 2.05) is 6.08 Å². The third kappa shape index (κ3) is 2.35. The Morgan fingerprint density at radius 1 is 1.27 bits per heavy atom. The predicted octanol–water partition coefficient (Wildman–Crippen LogP) is 4.63. The molecule has 0 spiro atoms. The monoisotopic (exact) mass is 362 g/mol. The first-order chi connectivity index (χ1) is 12.1. The summed E-state index contributed by atoms with van der Waals surface area (Å²) < 4.78 is 5.94. The van der Waals surface area contributed by atoms with Gasteiger partial charge in [0.1, 0.15) is 5.78 Å². The number of ether oxygens (including phenoxy) is 1. The van der Waals surface area contributed by atoms with Crippen molar-refractivity contribution in [1.29, 1.82) is 0 Å². The Morgan fingerprint density at radius 3 is 2.46 bits per heavy atom. The van der Waals surface area contributed by atoms with Crippen LogP contribution in [0.3, 0.4) is 0 Å². The standard InChI is InChI=1S/C23H38O3/c1-8-14(2)21(5)13-18(24)22(6)15(3)9-11-23(16(4)20(21)25)12-10-17(26-7)19(22)23/h8,14-19,24H,1,9-13H2,2-7H3/t14?,15-,16+,17-,18-,19?,21+,22+,23?/m1/s1. The molecule has 148 valence electrons. The SMILES string of the molecule is C=CC(C)[C@]1(C)C[C@@H](O)[C@@]2(C)C3[C@H](OC)CCC3(CC[C@H]2C)[C@@H](C)C1=O. The molecule has 0 aromatic rings. The first kappa shape index (κ1) is 20.1. The van der Waals surface area contributed by atoms with Gasteiger partial charge in [-0.2, -0.15) is 0 Å². The minimum absolute atomic E-state index is 0.000579. The fourth-order valence-electron chi connectivity index (χ4n) is 7.15. The van der Waals surface area contributed by atoms with Gasteiger partial charge in [-0.3, -0.25) is 4.79 Å². The third-order valence-corrected chi connectivity index (χ3v) is 9.48. The summed E-state index contributed by atoms with van der Waals surface area (Å²) in [4.78, 5) is 13.8. The molecule has 0 saturated heterocycles. The van der Waals surface area contributed by atoms with Crippen LogP contribution in [0.25, 0.3) is 0 Å². The summed E-state index contributed by atoms with van der Waals surface area (Å²) in [6, 6.07) is 0. The second-order valence-electron chi connectivity index (χ2n) is 10.1. The summed E-state index contributed by atoms with van der Waals surface area (Å²) in [6.07, 6.45) is 6.27. The van der Waals surface area contributed by atoms with Crippen LogP contribution in [-0.4, -0.2) is 30.2 Å². The lowest BCUT2D eigenvalue weighted by Crippen LogP contribution is -2.63. The van der Waals surface area contributed by atoms with Gasteiger partial charge in [-0.25, -0.2) is 0 Å². The second-order valence-corrected chi connectivity index (χ2v) is 10.1. The number of hydrogen-bond acceptors (Lipinski definition) is 3. The zero-order chi connectivity index (χ0) is 19.5. The lowest BCUT2D eigenvalue weighted by molar-refractivity contribution is -0.194. The van der Waals surface area contributed by atoms with Gasteiger partial charge in [0, 0.05) is 23.9 Å². The van der Waals surface area contributed by atoms with Crippen molar-refractivity contribution in [2.45, 2.75) is 78.9 Å². The Morgan fingerprint density at radius 2 is 1.88 bits per heavy atom. The van der Waals surface area contributed by atoms with E-state index in [1.54, 1.807) is 7.11 Å². The van der Waals surface area contributed by atoms with Gasteiger partial charge < -0.3 is 9.84 Å². The molecule has 3 unspecified atom stereocenters. The van der Waals surface area contributed by atoms with Gasteiger partial charge in [0.25, 0.3) is 0 Å². The normalized spacial score (nSPS) is 52.7. The highest BCUT2D eigenvalue weighted by molar-refractivity contribution is 5.88. The van der Waals surface area contributed by atoms with Crippen LogP contribution >= 0.6 is 0 Å². The van der Waals surface area contributed by atoms with Gasteiger partial charge in [0.15, 0.2) is 0 Å². The number of allylic oxidation sites excluding steroid dienone is 1. The van der Waals surface area contributed by atoms with E-state index in [-0.39, 0.29) is 34.7 Å². The van der Waals surface area contributed by atoms with Crippen LogP contribution in [0.2, 0.25) is 0 Å². The summed E-state index contributed by atoms with van der Waals surface area (Å²) in [5.41, 5.74) is -0.808. The summed E-state index contributed by atoms with van der Waals surface area (Å²) in [6.45, 7) is 14.8. The molecular weight excluding hydrogens is 324 g/mol. The highest BCUT2D eigenvalue weighted by Gasteiger charge is 2.67. The topological polar surface area (TPSA) is 46.5 Å². The number of ketones is 1. The van der Waals surface area contributed by atoms with Crippen molar-refractivity contribution >= 4 is 5.78 Å². The van der Waals surface area contributed by atoms with E-state index >= 15 is 0 Å². The summed E-state index contributed by atoms with van der Waals surface area (Å²) in [7, 11) is 1.80. The van der Waals surface area contributed by atoms with E-state index in [0.29, 0.717) is 18.1 Å². The number of hydrogen-bond donors (Lipinski definition) is 1. The van der Waals surface area contributed by atoms with Crippen LogP contribution in [0.5, 0.6) is 0 Å². The van der Waals surface area contributed by atoms with Crippen molar-refractivity contribution in [1.82, 2.24) is 0 Å². The first-order valence-electron chi connectivity index (χ1n) is 10.5. The molecule has 0 radical (unpaired) electrons. The molecule has 3 heteroatoms. The molecule has 0 aromatic heterocycles. The van der Waals surface area contributed by atoms with E-state index in [4.69, 9.17) is 4.74 Å². The van der Waals surface area contributed by atoms with Crippen molar-refractivity contribution in [2.24, 2.45) is 39.9 Å². The number of methoxy groups -OCH3 is 1. The minimum atomic E-state index is -0.554. The number of rotatable bonds is 3.